The molecule has 1 amide bonds. The number of hydrogen-bond donors (Lipinski definition) is 0. The van der Waals surface area contributed by atoms with Crippen LogP contribution in [0.5, 0.6) is 0 Å². The molecule has 1 aromatic carbocycles. The summed E-state index contributed by atoms with van der Waals surface area (Å²) < 4.78 is 13.1. The quantitative estimate of drug-likeness (QED) is 0.838. The predicted molar refractivity (Wildman–Crippen MR) is 99.5 cm³/mol. The van der Waals surface area contributed by atoms with Gasteiger partial charge >= 0.3 is 0 Å². The fourth-order valence-corrected chi connectivity index (χ4v) is 3.70. The molecule has 1 aliphatic heterocycles. The highest BCUT2D eigenvalue weighted by Gasteiger charge is 2.20. The lowest BCUT2D eigenvalue weighted by Gasteiger charge is -2.22. The Kier molecular flexibility index (Phi) is 5.65. The Morgan fingerprint density at radius 2 is 1.96 bits per heavy atom. The minimum Gasteiger partial charge on any atom is -0.348 e. The lowest BCUT2D eigenvalue weighted by molar-refractivity contribution is -0.129. The Bertz CT molecular complexity index is 716. The molecule has 25 heavy (non-hydrogen) atoms. The third-order valence-corrected chi connectivity index (χ3v) is 5.25. The second-order valence-electron chi connectivity index (χ2n) is 6.43. The van der Waals surface area contributed by atoms with Crippen LogP contribution in [0.2, 0.25) is 0 Å². The summed E-state index contributed by atoms with van der Waals surface area (Å²) in [4.78, 5) is 22.7. The van der Waals surface area contributed by atoms with Gasteiger partial charge < -0.3 is 9.80 Å². The van der Waals surface area contributed by atoms with Gasteiger partial charge in [-0.25, -0.2) is 9.37 Å². The third-order valence-electron chi connectivity index (χ3n) is 4.35. The van der Waals surface area contributed by atoms with Crippen LogP contribution in [0.1, 0.15) is 6.42 Å². The van der Waals surface area contributed by atoms with Crippen LogP contribution in [0.15, 0.2) is 29.6 Å². The average Bonchev–Trinajstić information content (AvgIpc) is 2.96. The third kappa shape index (κ3) is 4.55. The fourth-order valence-electron chi connectivity index (χ4n) is 2.82. The highest BCUT2D eigenvalue weighted by molar-refractivity contribution is 7.14. The molecular weight excluding hydrogens is 339 g/mol. The molecule has 2 aromatic rings. The van der Waals surface area contributed by atoms with E-state index in [0.717, 1.165) is 49.0 Å². The summed E-state index contributed by atoms with van der Waals surface area (Å²) in [6, 6.07) is 6.43. The summed E-state index contributed by atoms with van der Waals surface area (Å²) in [7, 11) is 3.58. The molecule has 0 bridgehead atoms. The van der Waals surface area contributed by atoms with E-state index in [9.17, 15) is 9.18 Å². The summed E-state index contributed by atoms with van der Waals surface area (Å²) in [6.07, 6.45) is 1.01. The minimum absolute atomic E-state index is 0.140. The number of carbonyl (C=O) groups excluding carboxylic acids is 1. The molecule has 3 rings (SSSR count). The standard InChI is InChI=1S/C18H23FN4OS/c1-21(2)17(24)12-22-8-3-9-23(11-10-22)18-20-16(13-25-18)14-4-6-15(19)7-5-14/h4-7,13H,3,8-12H2,1-2H3. The highest BCUT2D eigenvalue weighted by Crippen LogP contribution is 2.28. The van der Waals surface area contributed by atoms with E-state index >= 15 is 0 Å². The molecule has 0 atom stereocenters. The zero-order valence-corrected chi connectivity index (χ0v) is 15.4. The van der Waals surface area contributed by atoms with E-state index in [1.807, 2.05) is 5.38 Å². The number of rotatable bonds is 4. The van der Waals surface area contributed by atoms with Crippen LogP contribution in [0.25, 0.3) is 11.3 Å². The summed E-state index contributed by atoms with van der Waals surface area (Å²) >= 11 is 1.61. The Balaban J connectivity index is 1.63. The van der Waals surface area contributed by atoms with E-state index < -0.39 is 0 Å². The zero-order chi connectivity index (χ0) is 17.8. The number of likely N-dealkylation sites (N-methyl/N-ethyl adjacent to an activating group) is 1. The van der Waals surface area contributed by atoms with Crippen molar-refractivity contribution in [3.63, 3.8) is 0 Å². The molecular formula is C18H23FN4OS. The van der Waals surface area contributed by atoms with Crippen LogP contribution in [0, 0.1) is 5.82 Å². The number of halogens is 1. The van der Waals surface area contributed by atoms with Gasteiger partial charge in [-0.1, -0.05) is 0 Å². The number of anilines is 1. The first kappa shape index (κ1) is 17.8. The van der Waals surface area contributed by atoms with Crippen molar-refractivity contribution in [1.29, 1.82) is 0 Å². The molecule has 1 aliphatic rings. The average molecular weight is 362 g/mol. The van der Waals surface area contributed by atoms with Gasteiger partial charge in [-0.15, -0.1) is 11.3 Å². The van der Waals surface area contributed by atoms with Crippen molar-refractivity contribution in [2.45, 2.75) is 6.42 Å². The number of benzene rings is 1. The second kappa shape index (κ2) is 7.93. The van der Waals surface area contributed by atoms with Crippen molar-refractivity contribution in [2.75, 3.05) is 51.7 Å². The van der Waals surface area contributed by atoms with Crippen LogP contribution < -0.4 is 4.90 Å². The van der Waals surface area contributed by atoms with Gasteiger partial charge in [-0.3, -0.25) is 9.69 Å². The molecule has 0 N–H and O–H groups in total. The fraction of sp³-hybridized carbons (Fsp3) is 0.444. The van der Waals surface area contributed by atoms with Crippen LogP contribution in [-0.2, 0) is 4.79 Å². The Labute approximate surface area is 151 Å². The SMILES string of the molecule is CN(C)C(=O)CN1CCCN(c2nc(-c3ccc(F)cc3)cs2)CC1. The van der Waals surface area contributed by atoms with Gasteiger partial charge in [0.05, 0.1) is 12.2 Å². The highest BCUT2D eigenvalue weighted by atomic mass is 32.1. The summed E-state index contributed by atoms with van der Waals surface area (Å²) in [5.41, 5.74) is 1.81. The Morgan fingerprint density at radius 1 is 1.20 bits per heavy atom. The molecule has 0 radical (unpaired) electrons. The molecule has 1 saturated heterocycles. The molecule has 7 heteroatoms. The predicted octanol–water partition coefficient (Wildman–Crippen LogP) is 2.55. The van der Waals surface area contributed by atoms with Gasteiger partial charge in [0.2, 0.25) is 5.91 Å². The van der Waals surface area contributed by atoms with Crippen molar-refractivity contribution in [2.24, 2.45) is 0 Å². The first-order valence-corrected chi connectivity index (χ1v) is 9.30. The first-order chi connectivity index (χ1) is 12.0. The van der Waals surface area contributed by atoms with E-state index in [-0.39, 0.29) is 11.7 Å². The van der Waals surface area contributed by atoms with E-state index in [4.69, 9.17) is 4.98 Å². The van der Waals surface area contributed by atoms with Crippen LogP contribution in [-0.4, -0.2) is 67.5 Å². The van der Waals surface area contributed by atoms with Crippen molar-refractivity contribution in [3.05, 3.63) is 35.5 Å². The monoisotopic (exact) mass is 362 g/mol. The van der Waals surface area contributed by atoms with Crippen molar-refractivity contribution in [1.82, 2.24) is 14.8 Å². The van der Waals surface area contributed by atoms with Gasteiger partial charge in [-0.2, -0.15) is 0 Å². The van der Waals surface area contributed by atoms with Gasteiger partial charge in [0.25, 0.3) is 0 Å². The second-order valence-corrected chi connectivity index (χ2v) is 7.26. The molecule has 0 unspecified atom stereocenters. The van der Waals surface area contributed by atoms with E-state index in [0.29, 0.717) is 6.54 Å². The molecule has 134 valence electrons. The van der Waals surface area contributed by atoms with E-state index in [1.165, 1.54) is 12.1 Å². The maximum atomic E-state index is 13.1. The largest absolute Gasteiger partial charge is 0.348 e. The van der Waals surface area contributed by atoms with Crippen LogP contribution in [0.4, 0.5) is 9.52 Å². The molecule has 0 saturated carbocycles. The summed E-state index contributed by atoms with van der Waals surface area (Å²) in [5.74, 6) is -0.0969. The minimum atomic E-state index is -0.237. The molecule has 1 aromatic heterocycles. The molecule has 0 spiro atoms. The van der Waals surface area contributed by atoms with Gasteiger partial charge in [-0.05, 0) is 30.7 Å². The number of thiazole rings is 1. The molecule has 1 fully saturated rings. The van der Waals surface area contributed by atoms with Gasteiger partial charge in [0.1, 0.15) is 5.82 Å². The van der Waals surface area contributed by atoms with Crippen molar-refractivity contribution >= 4 is 22.4 Å². The van der Waals surface area contributed by atoms with Gasteiger partial charge in [0, 0.05) is 51.2 Å². The van der Waals surface area contributed by atoms with E-state index in [1.54, 1.807) is 42.5 Å². The van der Waals surface area contributed by atoms with Crippen molar-refractivity contribution in [3.8, 4) is 11.3 Å². The maximum absolute atomic E-state index is 13.1. The van der Waals surface area contributed by atoms with E-state index in [2.05, 4.69) is 9.80 Å². The zero-order valence-electron chi connectivity index (χ0n) is 14.6. The van der Waals surface area contributed by atoms with Gasteiger partial charge in [0.15, 0.2) is 5.13 Å². The first-order valence-electron chi connectivity index (χ1n) is 8.42. The topological polar surface area (TPSA) is 39.7 Å². The lowest BCUT2D eigenvalue weighted by Crippen LogP contribution is -2.38. The lowest BCUT2D eigenvalue weighted by atomic mass is 10.2. The number of nitrogens with zero attached hydrogens (tertiary/aromatic N) is 4. The van der Waals surface area contributed by atoms with Crippen LogP contribution >= 0.6 is 11.3 Å². The molecule has 0 aliphatic carbocycles. The smallest absolute Gasteiger partial charge is 0.236 e. The molecule has 5 nitrogen and oxygen atoms in total. The normalized spacial score (nSPS) is 15.9. The van der Waals surface area contributed by atoms with Crippen LogP contribution in [0.3, 0.4) is 0 Å². The number of carbonyl (C=O) groups is 1. The molecule has 2 heterocycles. The Hall–Kier alpha value is -1.99. The number of amides is 1. The number of aromatic nitrogens is 1. The Morgan fingerprint density at radius 3 is 2.68 bits per heavy atom. The maximum Gasteiger partial charge on any atom is 0.236 e. The van der Waals surface area contributed by atoms with Crippen molar-refractivity contribution < 1.29 is 9.18 Å². The number of hydrogen-bond acceptors (Lipinski definition) is 5. The summed E-state index contributed by atoms with van der Waals surface area (Å²) in [5, 5.41) is 3.00. The summed E-state index contributed by atoms with van der Waals surface area (Å²) in [6.45, 7) is 4.04.